The molecule has 1 aliphatic rings. The number of carbonyl (C=O) groups is 1. The van der Waals surface area contributed by atoms with Crippen LogP contribution in [0.15, 0.2) is 24.3 Å². The molecule has 1 aliphatic carbocycles. The highest BCUT2D eigenvalue weighted by Crippen LogP contribution is 2.42. The molecule has 0 atom stereocenters. The van der Waals surface area contributed by atoms with Gasteiger partial charge in [0.2, 0.25) is 0 Å². The van der Waals surface area contributed by atoms with Gasteiger partial charge in [-0.15, -0.1) is 0 Å². The van der Waals surface area contributed by atoms with Crippen molar-refractivity contribution in [2.75, 3.05) is 0 Å². The fraction of sp³-hybridized carbons (Fsp3) is 0.417. The normalized spacial score (nSPS) is 17.9. The van der Waals surface area contributed by atoms with Crippen molar-refractivity contribution in [3.8, 4) is 0 Å². The molecule has 0 saturated heterocycles. The van der Waals surface area contributed by atoms with E-state index in [-0.39, 0.29) is 5.69 Å². The lowest BCUT2D eigenvalue weighted by atomic mass is 9.79. The van der Waals surface area contributed by atoms with Crippen molar-refractivity contribution in [3.63, 3.8) is 0 Å². The molecule has 0 unspecified atom stereocenters. The van der Waals surface area contributed by atoms with Crippen molar-refractivity contribution in [2.24, 2.45) is 0 Å². The van der Waals surface area contributed by atoms with Crippen LogP contribution in [0.25, 0.3) is 0 Å². The molecule has 0 heterocycles. The maximum Gasteiger partial charge on any atom is 0.314 e. The van der Waals surface area contributed by atoms with Crippen LogP contribution in [0.5, 0.6) is 0 Å². The smallest absolute Gasteiger partial charge is 0.314 e. The Morgan fingerprint density at radius 2 is 2.00 bits per heavy atom. The predicted molar refractivity (Wildman–Crippen MR) is 60.9 cm³/mol. The number of carboxylic acids is 1. The Hall–Kier alpha value is -1.91. The molecule has 1 aromatic rings. The second-order valence-electron chi connectivity index (χ2n) is 4.40. The van der Waals surface area contributed by atoms with Crippen LogP contribution in [-0.2, 0) is 10.2 Å². The number of aliphatic carboxylic acids is 1. The summed E-state index contributed by atoms with van der Waals surface area (Å²) in [5, 5.41) is 20.1. The van der Waals surface area contributed by atoms with Crippen molar-refractivity contribution in [1.82, 2.24) is 0 Å². The topological polar surface area (TPSA) is 80.4 Å². The van der Waals surface area contributed by atoms with Gasteiger partial charge in [-0.1, -0.05) is 25.0 Å². The zero-order valence-corrected chi connectivity index (χ0v) is 9.26. The van der Waals surface area contributed by atoms with Gasteiger partial charge in [0, 0.05) is 12.1 Å². The molecule has 0 spiro atoms. The number of nitro benzene ring substituents is 1. The van der Waals surface area contributed by atoms with Crippen molar-refractivity contribution < 1.29 is 14.8 Å². The average molecular weight is 235 g/mol. The molecule has 0 aliphatic heterocycles. The highest BCUT2D eigenvalue weighted by molar-refractivity contribution is 5.82. The molecule has 1 N–H and O–H groups in total. The molecule has 0 amide bonds. The minimum atomic E-state index is -0.925. The number of hydrogen-bond acceptors (Lipinski definition) is 3. The number of non-ortho nitro benzene ring substituents is 1. The van der Waals surface area contributed by atoms with E-state index in [4.69, 9.17) is 0 Å². The van der Waals surface area contributed by atoms with Crippen LogP contribution >= 0.6 is 0 Å². The summed E-state index contributed by atoms with van der Waals surface area (Å²) in [6.45, 7) is 0. The molecule has 17 heavy (non-hydrogen) atoms. The number of rotatable bonds is 3. The standard InChI is InChI=1S/C12H13NO4/c14-11(15)12(6-1-2-7-12)9-4-3-5-10(8-9)13(16)17/h3-5,8H,1-2,6-7H2,(H,14,15). The van der Waals surface area contributed by atoms with Gasteiger partial charge in [0.05, 0.1) is 10.3 Å². The molecule has 90 valence electrons. The van der Waals surface area contributed by atoms with Gasteiger partial charge in [0.15, 0.2) is 0 Å². The highest BCUT2D eigenvalue weighted by Gasteiger charge is 2.43. The number of hydrogen-bond donors (Lipinski definition) is 1. The largest absolute Gasteiger partial charge is 0.481 e. The molecular weight excluding hydrogens is 222 g/mol. The minimum absolute atomic E-state index is 0.0463. The first kappa shape index (κ1) is 11.6. The molecule has 0 aromatic heterocycles. The third kappa shape index (κ3) is 1.88. The number of nitrogens with zero attached hydrogens (tertiary/aromatic N) is 1. The van der Waals surface area contributed by atoms with Crippen LogP contribution < -0.4 is 0 Å². The lowest BCUT2D eigenvalue weighted by molar-refractivity contribution is -0.384. The maximum atomic E-state index is 11.4. The Kier molecular flexibility index (Phi) is 2.83. The zero-order valence-electron chi connectivity index (χ0n) is 9.26. The molecule has 2 rings (SSSR count). The molecule has 0 bridgehead atoms. The summed E-state index contributed by atoms with van der Waals surface area (Å²) in [5.41, 5.74) is -0.418. The summed E-state index contributed by atoms with van der Waals surface area (Å²) >= 11 is 0. The van der Waals surface area contributed by atoms with Gasteiger partial charge < -0.3 is 5.11 Å². The maximum absolute atomic E-state index is 11.4. The fourth-order valence-electron chi connectivity index (χ4n) is 2.52. The van der Waals surface area contributed by atoms with Gasteiger partial charge in [-0.05, 0) is 18.4 Å². The van der Waals surface area contributed by atoms with E-state index in [0.717, 1.165) is 12.8 Å². The molecule has 1 fully saturated rings. The Balaban J connectivity index is 2.47. The number of nitro groups is 1. The molecular formula is C12H13NO4. The first-order valence-electron chi connectivity index (χ1n) is 5.54. The summed E-state index contributed by atoms with van der Waals surface area (Å²) in [5.74, 6) is -0.879. The highest BCUT2D eigenvalue weighted by atomic mass is 16.6. The van der Waals surface area contributed by atoms with E-state index < -0.39 is 16.3 Å². The van der Waals surface area contributed by atoms with E-state index in [9.17, 15) is 20.0 Å². The predicted octanol–water partition coefficient (Wildman–Crippen LogP) is 2.49. The van der Waals surface area contributed by atoms with E-state index in [1.807, 2.05) is 0 Å². The van der Waals surface area contributed by atoms with Gasteiger partial charge in [0.1, 0.15) is 0 Å². The van der Waals surface area contributed by atoms with Gasteiger partial charge in [-0.25, -0.2) is 0 Å². The Morgan fingerprint density at radius 3 is 2.53 bits per heavy atom. The summed E-state index contributed by atoms with van der Waals surface area (Å²) in [6, 6.07) is 6.00. The van der Waals surface area contributed by atoms with Crippen molar-refractivity contribution in [1.29, 1.82) is 0 Å². The van der Waals surface area contributed by atoms with Crippen molar-refractivity contribution in [2.45, 2.75) is 31.1 Å². The van der Waals surface area contributed by atoms with Crippen LogP contribution in [0, 0.1) is 10.1 Å². The molecule has 1 saturated carbocycles. The summed E-state index contributed by atoms with van der Waals surface area (Å²) in [6.07, 6.45) is 2.83. The molecule has 5 nitrogen and oxygen atoms in total. The van der Waals surface area contributed by atoms with E-state index >= 15 is 0 Å². The molecule has 0 radical (unpaired) electrons. The van der Waals surface area contributed by atoms with Crippen LogP contribution in [0.1, 0.15) is 31.2 Å². The van der Waals surface area contributed by atoms with E-state index in [1.54, 1.807) is 12.1 Å². The van der Waals surface area contributed by atoms with E-state index in [2.05, 4.69) is 0 Å². The SMILES string of the molecule is O=C(O)C1(c2cccc([N+](=O)[O-])c2)CCCC1. The van der Waals surface area contributed by atoms with Crippen molar-refractivity contribution in [3.05, 3.63) is 39.9 Å². The Labute approximate surface area is 98.2 Å². The van der Waals surface area contributed by atoms with E-state index in [0.29, 0.717) is 18.4 Å². The average Bonchev–Trinajstić information content (AvgIpc) is 2.79. The number of benzene rings is 1. The van der Waals surface area contributed by atoms with Gasteiger partial charge >= 0.3 is 5.97 Å². The first-order chi connectivity index (χ1) is 8.06. The summed E-state index contributed by atoms with van der Waals surface area (Å²) < 4.78 is 0. The van der Waals surface area contributed by atoms with Crippen LogP contribution in [0.2, 0.25) is 0 Å². The van der Waals surface area contributed by atoms with Gasteiger partial charge in [0.25, 0.3) is 5.69 Å². The summed E-state index contributed by atoms with van der Waals surface area (Å²) in [4.78, 5) is 21.6. The van der Waals surface area contributed by atoms with E-state index in [1.165, 1.54) is 12.1 Å². The third-order valence-corrected chi connectivity index (χ3v) is 3.48. The lowest BCUT2D eigenvalue weighted by Crippen LogP contribution is -2.32. The van der Waals surface area contributed by atoms with Crippen molar-refractivity contribution >= 4 is 11.7 Å². The quantitative estimate of drug-likeness (QED) is 0.644. The van der Waals surface area contributed by atoms with Crippen LogP contribution in [-0.4, -0.2) is 16.0 Å². The van der Waals surface area contributed by atoms with Gasteiger partial charge in [-0.3, -0.25) is 14.9 Å². The zero-order chi connectivity index (χ0) is 12.5. The second-order valence-corrected chi connectivity index (χ2v) is 4.40. The third-order valence-electron chi connectivity index (χ3n) is 3.48. The lowest BCUT2D eigenvalue weighted by Gasteiger charge is -2.23. The summed E-state index contributed by atoms with van der Waals surface area (Å²) in [7, 11) is 0. The monoisotopic (exact) mass is 235 g/mol. The minimum Gasteiger partial charge on any atom is -0.481 e. The van der Waals surface area contributed by atoms with Gasteiger partial charge in [-0.2, -0.15) is 0 Å². The fourth-order valence-corrected chi connectivity index (χ4v) is 2.52. The molecule has 5 heteroatoms. The molecule has 1 aromatic carbocycles. The van der Waals surface area contributed by atoms with Crippen LogP contribution in [0.3, 0.4) is 0 Å². The first-order valence-corrected chi connectivity index (χ1v) is 5.54. The Morgan fingerprint density at radius 1 is 1.35 bits per heavy atom. The van der Waals surface area contributed by atoms with Crippen LogP contribution in [0.4, 0.5) is 5.69 Å². The Bertz CT molecular complexity index is 463. The second kappa shape index (κ2) is 4.16. The number of carboxylic acid groups (broad SMARTS) is 1.